The van der Waals surface area contributed by atoms with Crippen molar-refractivity contribution in [2.75, 3.05) is 18.1 Å². The second-order valence-corrected chi connectivity index (χ2v) is 15.7. The van der Waals surface area contributed by atoms with Crippen molar-refractivity contribution >= 4 is 21.6 Å². The van der Waals surface area contributed by atoms with Crippen molar-refractivity contribution in [3.63, 3.8) is 0 Å². The zero-order valence-corrected chi connectivity index (χ0v) is 30.4. The first-order valence-electron chi connectivity index (χ1n) is 16.8. The predicted molar refractivity (Wildman–Crippen MR) is 188 cm³/mol. The molecule has 14 heteroatoms. The zero-order chi connectivity index (χ0) is 38.8. The number of hydrogen-bond donors (Lipinski definition) is 2. The molecule has 0 spiro atoms. The number of ether oxygens (including phenoxy) is 1. The lowest BCUT2D eigenvalue weighted by molar-refractivity contribution is -0.119. The van der Waals surface area contributed by atoms with Gasteiger partial charge in [-0.05, 0) is 71.6 Å². The van der Waals surface area contributed by atoms with Crippen LogP contribution in [0.15, 0.2) is 71.6 Å². The maximum atomic E-state index is 15.1. The fourth-order valence-corrected chi connectivity index (χ4v) is 7.30. The normalized spacial score (nSPS) is 13.3. The fraction of sp³-hybridized carbons (Fsp3) is 0.333. The third-order valence-electron chi connectivity index (χ3n) is 8.93. The lowest BCUT2D eigenvalue weighted by atomic mass is 9.84. The largest absolute Gasteiger partial charge is 0.492 e. The Kier molecular flexibility index (Phi) is 11.6. The van der Waals surface area contributed by atoms with E-state index in [0.717, 1.165) is 24.0 Å². The summed E-state index contributed by atoms with van der Waals surface area (Å²) in [6, 6.07) is 17.8. The number of benzene rings is 4. The van der Waals surface area contributed by atoms with Gasteiger partial charge in [-0.1, -0.05) is 63.2 Å². The molecule has 0 atom stereocenters. The first-order valence-corrected chi connectivity index (χ1v) is 18.3. The minimum absolute atomic E-state index is 0.00194. The van der Waals surface area contributed by atoms with Crippen LogP contribution in [0.2, 0.25) is 0 Å². The summed E-state index contributed by atoms with van der Waals surface area (Å²) in [5.74, 6) is -9.24. The first kappa shape index (κ1) is 39.4. The molecular formula is C39H39F4N3O6S. The van der Waals surface area contributed by atoms with Crippen molar-refractivity contribution in [1.82, 2.24) is 4.31 Å². The number of aliphatic hydroxyl groups excluding tert-OH is 1. The highest BCUT2D eigenvalue weighted by molar-refractivity contribution is 7.89. The zero-order valence-electron chi connectivity index (χ0n) is 29.5. The van der Waals surface area contributed by atoms with Gasteiger partial charge in [-0.3, -0.25) is 4.79 Å². The molecule has 9 nitrogen and oxygen atoms in total. The van der Waals surface area contributed by atoms with E-state index in [1.807, 2.05) is 39.0 Å². The van der Waals surface area contributed by atoms with Crippen molar-refractivity contribution < 1.29 is 45.7 Å². The van der Waals surface area contributed by atoms with E-state index >= 15 is 4.39 Å². The average molecular weight is 754 g/mol. The monoisotopic (exact) mass is 753 g/mol. The van der Waals surface area contributed by atoms with E-state index in [1.165, 1.54) is 47.4 Å². The van der Waals surface area contributed by atoms with Gasteiger partial charge >= 0.3 is 0 Å². The van der Waals surface area contributed by atoms with Gasteiger partial charge in [0.15, 0.2) is 29.6 Å². The number of sulfonamides is 1. The Morgan fingerprint density at radius 2 is 1.66 bits per heavy atom. The molecule has 1 saturated carbocycles. The lowest BCUT2D eigenvalue weighted by Gasteiger charge is -2.30. The average Bonchev–Trinajstić information content (AvgIpc) is 3.97. The number of aliphatic hydroxyl groups is 2. The van der Waals surface area contributed by atoms with Crippen molar-refractivity contribution in [2.45, 2.75) is 76.1 Å². The molecule has 0 aromatic heterocycles. The standard InChI is InChI=1S/C39H39F4N3O6S/c1-5-52-32-17-25(38(48)49)12-13-31(32)46(20-23-14-28(24-10-11-24)16-29(15-23)39(2,3)4)34(47)22-45(21-27-9-7-6-8-26(27)19-44)53(50,51)33-18-30(40)35(41)37(43)36(33)42/h6-9,12-18,24,38,48-49H,5,10-11,20-22H2,1-4H3. The second-order valence-electron chi connectivity index (χ2n) is 13.8. The number of amides is 1. The molecule has 0 saturated heterocycles. The van der Waals surface area contributed by atoms with Gasteiger partial charge in [0.25, 0.3) is 0 Å². The van der Waals surface area contributed by atoms with Crippen LogP contribution in [0, 0.1) is 34.6 Å². The molecule has 0 radical (unpaired) electrons. The highest BCUT2D eigenvalue weighted by Crippen LogP contribution is 2.42. The molecule has 4 aromatic carbocycles. The van der Waals surface area contributed by atoms with Gasteiger partial charge in [0.05, 0.1) is 37.0 Å². The number of carbonyl (C=O) groups is 1. The van der Waals surface area contributed by atoms with Crippen LogP contribution in [0.25, 0.3) is 0 Å². The van der Waals surface area contributed by atoms with Crippen LogP contribution in [-0.2, 0) is 33.3 Å². The van der Waals surface area contributed by atoms with Crippen molar-refractivity contribution in [3.05, 3.63) is 123 Å². The van der Waals surface area contributed by atoms with E-state index in [-0.39, 0.29) is 52.8 Å². The summed E-state index contributed by atoms with van der Waals surface area (Å²) in [6.07, 6.45) is 0.102. The number of nitrogens with zero attached hydrogens (tertiary/aromatic N) is 3. The number of hydrogen-bond acceptors (Lipinski definition) is 7. The summed E-state index contributed by atoms with van der Waals surface area (Å²) in [7, 11) is -5.32. The molecular weight excluding hydrogens is 715 g/mol. The van der Waals surface area contributed by atoms with E-state index in [9.17, 15) is 41.9 Å². The molecule has 1 aliphatic carbocycles. The Hall–Kier alpha value is -4.81. The van der Waals surface area contributed by atoms with Crippen LogP contribution >= 0.6 is 0 Å². The first-order chi connectivity index (χ1) is 25.0. The predicted octanol–water partition coefficient (Wildman–Crippen LogP) is 7.10. The molecule has 4 aromatic rings. The van der Waals surface area contributed by atoms with Gasteiger partial charge < -0.3 is 19.8 Å². The summed E-state index contributed by atoms with van der Waals surface area (Å²) >= 11 is 0. The van der Waals surface area contributed by atoms with Gasteiger partial charge in [0, 0.05) is 18.2 Å². The number of carbonyl (C=O) groups excluding carboxylic acids is 1. The summed E-state index contributed by atoms with van der Waals surface area (Å²) in [5.41, 5.74) is 2.71. The molecule has 0 heterocycles. The minimum atomic E-state index is -5.32. The summed E-state index contributed by atoms with van der Waals surface area (Å²) < 4.78 is 92.3. The van der Waals surface area contributed by atoms with E-state index in [4.69, 9.17) is 4.74 Å². The van der Waals surface area contributed by atoms with E-state index in [1.54, 1.807) is 6.92 Å². The maximum Gasteiger partial charge on any atom is 0.246 e. The molecule has 280 valence electrons. The minimum Gasteiger partial charge on any atom is -0.492 e. The number of halogens is 4. The van der Waals surface area contributed by atoms with Crippen LogP contribution in [-0.4, -0.2) is 42.0 Å². The summed E-state index contributed by atoms with van der Waals surface area (Å²) in [4.78, 5) is 14.3. The molecule has 0 aliphatic heterocycles. The summed E-state index contributed by atoms with van der Waals surface area (Å²) in [6.45, 7) is 5.98. The highest BCUT2D eigenvalue weighted by Gasteiger charge is 2.36. The van der Waals surface area contributed by atoms with Crippen LogP contribution in [0.3, 0.4) is 0 Å². The van der Waals surface area contributed by atoms with Crippen LogP contribution < -0.4 is 9.64 Å². The lowest BCUT2D eigenvalue weighted by Crippen LogP contribution is -2.43. The van der Waals surface area contributed by atoms with Crippen LogP contribution in [0.5, 0.6) is 5.75 Å². The SMILES string of the molecule is CCOc1cc(C(O)O)ccc1N(Cc1cc(C2CC2)cc(C(C)(C)C)c1)C(=O)CN(Cc1ccccc1C#N)S(=O)(=O)c1cc(F)c(F)c(F)c1F. The fourth-order valence-electron chi connectivity index (χ4n) is 5.87. The van der Waals surface area contributed by atoms with E-state index in [0.29, 0.717) is 15.8 Å². The number of nitriles is 1. The Labute approximate surface area is 305 Å². The van der Waals surface area contributed by atoms with Crippen molar-refractivity contribution in [2.24, 2.45) is 0 Å². The number of anilines is 1. The Bertz CT molecular complexity index is 2180. The molecule has 5 rings (SSSR count). The Balaban J connectivity index is 1.67. The highest BCUT2D eigenvalue weighted by atomic mass is 32.2. The number of rotatable bonds is 13. The molecule has 1 fully saturated rings. The van der Waals surface area contributed by atoms with E-state index < -0.39 is 63.5 Å². The molecule has 53 heavy (non-hydrogen) atoms. The van der Waals surface area contributed by atoms with Crippen LogP contribution in [0.4, 0.5) is 23.2 Å². The smallest absolute Gasteiger partial charge is 0.246 e. The quantitative estimate of drug-likeness (QED) is 0.0645. The van der Waals surface area contributed by atoms with Crippen molar-refractivity contribution in [3.8, 4) is 11.8 Å². The van der Waals surface area contributed by atoms with Crippen molar-refractivity contribution in [1.29, 1.82) is 5.26 Å². The van der Waals surface area contributed by atoms with Gasteiger partial charge in [-0.15, -0.1) is 0 Å². The third-order valence-corrected chi connectivity index (χ3v) is 10.7. The van der Waals surface area contributed by atoms with Gasteiger partial charge in [-0.25, -0.2) is 26.0 Å². The molecule has 0 bridgehead atoms. The maximum absolute atomic E-state index is 15.1. The molecule has 1 aliphatic rings. The van der Waals surface area contributed by atoms with Gasteiger partial charge in [0.2, 0.25) is 15.9 Å². The van der Waals surface area contributed by atoms with E-state index in [2.05, 4.69) is 6.07 Å². The Morgan fingerprint density at radius 3 is 2.28 bits per heavy atom. The molecule has 1 amide bonds. The topological polar surface area (TPSA) is 131 Å². The van der Waals surface area contributed by atoms with Crippen LogP contribution in [0.1, 0.15) is 86.1 Å². The van der Waals surface area contributed by atoms with Gasteiger partial charge in [0.1, 0.15) is 10.6 Å². The molecule has 0 unspecified atom stereocenters. The molecule has 2 N–H and O–H groups in total. The van der Waals surface area contributed by atoms with Gasteiger partial charge in [-0.2, -0.15) is 9.57 Å². The Morgan fingerprint density at radius 1 is 0.962 bits per heavy atom. The third kappa shape index (κ3) is 8.71. The second kappa shape index (κ2) is 15.7. The summed E-state index contributed by atoms with van der Waals surface area (Å²) in [5, 5.41) is 29.5.